The SMILES string of the molecule is CN(c1ccccc1F)C1(C(=O)O)CCCC1. The number of rotatable bonds is 3. The van der Waals surface area contributed by atoms with Crippen LogP contribution in [0, 0.1) is 5.82 Å². The number of benzene rings is 1. The summed E-state index contributed by atoms with van der Waals surface area (Å²) in [6.45, 7) is 0. The Morgan fingerprint density at radius 1 is 1.35 bits per heavy atom. The molecule has 0 radical (unpaired) electrons. The highest BCUT2D eigenvalue weighted by Crippen LogP contribution is 2.38. The van der Waals surface area contributed by atoms with E-state index in [4.69, 9.17) is 0 Å². The second kappa shape index (κ2) is 4.35. The molecule has 3 nitrogen and oxygen atoms in total. The van der Waals surface area contributed by atoms with Crippen LogP contribution in [0.15, 0.2) is 24.3 Å². The summed E-state index contributed by atoms with van der Waals surface area (Å²) in [6, 6.07) is 6.31. The maximum atomic E-state index is 13.7. The molecule has 1 fully saturated rings. The predicted octanol–water partition coefficient (Wildman–Crippen LogP) is 2.66. The van der Waals surface area contributed by atoms with Gasteiger partial charge in [0, 0.05) is 7.05 Å². The number of carbonyl (C=O) groups is 1. The molecule has 0 spiro atoms. The molecule has 1 aromatic rings. The minimum absolute atomic E-state index is 0.358. The summed E-state index contributed by atoms with van der Waals surface area (Å²) in [5.41, 5.74) is -0.584. The number of aliphatic carboxylic acids is 1. The number of halogens is 1. The van der Waals surface area contributed by atoms with Crippen molar-refractivity contribution in [3.8, 4) is 0 Å². The van der Waals surface area contributed by atoms with Crippen LogP contribution in [0.3, 0.4) is 0 Å². The predicted molar refractivity (Wildman–Crippen MR) is 63.6 cm³/mol. The van der Waals surface area contributed by atoms with Crippen molar-refractivity contribution in [1.82, 2.24) is 0 Å². The van der Waals surface area contributed by atoms with Crippen molar-refractivity contribution in [1.29, 1.82) is 0 Å². The van der Waals surface area contributed by atoms with Crippen LogP contribution in [0.1, 0.15) is 25.7 Å². The molecular formula is C13H16FNO2. The first-order valence-corrected chi connectivity index (χ1v) is 5.80. The molecule has 0 aliphatic heterocycles. The zero-order valence-electron chi connectivity index (χ0n) is 9.82. The van der Waals surface area contributed by atoms with Crippen molar-refractivity contribution < 1.29 is 14.3 Å². The van der Waals surface area contributed by atoms with Crippen molar-refractivity contribution in [3.63, 3.8) is 0 Å². The van der Waals surface area contributed by atoms with Gasteiger partial charge in [0.2, 0.25) is 0 Å². The lowest BCUT2D eigenvalue weighted by Gasteiger charge is -2.36. The topological polar surface area (TPSA) is 40.5 Å². The van der Waals surface area contributed by atoms with Crippen LogP contribution in [0.2, 0.25) is 0 Å². The lowest BCUT2D eigenvalue weighted by atomic mass is 9.95. The van der Waals surface area contributed by atoms with Crippen molar-refractivity contribution in [2.24, 2.45) is 0 Å². The number of hydrogen-bond donors (Lipinski definition) is 1. The van der Waals surface area contributed by atoms with Gasteiger partial charge in [-0.1, -0.05) is 25.0 Å². The van der Waals surface area contributed by atoms with Gasteiger partial charge in [0.25, 0.3) is 0 Å². The smallest absolute Gasteiger partial charge is 0.329 e. The van der Waals surface area contributed by atoms with Crippen LogP contribution in [-0.4, -0.2) is 23.7 Å². The number of carboxylic acid groups (broad SMARTS) is 1. The van der Waals surface area contributed by atoms with E-state index in [0.717, 1.165) is 12.8 Å². The molecule has 1 saturated carbocycles. The first-order chi connectivity index (χ1) is 8.08. The molecule has 1 aliphatic rings. The Hall–Kier alpha value is -1.58. The van der Waals surface area contributed by atoms with Crippen LogP contribution in [0.25, 0.3) is 0 Å². The van der Waals surface area contributed by atoms with Gasteiger partial charge in [-0.25, -0.2) is 9.18 Å². The molecule has 0 aromatic heterocycles. The van der Waals surface area contributed by atoms with Gasteiger partial charge >= 0.3 is 5.97 Å². The molecule has 2 rings (SSSR count). The molecule has 0 bridgehead atoms. The number of nitrogens with zero attached hydrogens (tertiary/aromatic N) is 1. The summed E-state index contributed by atoms with van der Waals surface area (Å²) in [6.07, 6.45) is 2.91. The van der Waals surface area contributed by atoms with Gasteiger partial charge in [0.05, 0.1) is 5.69 Å². The second-order valence-electron chi connectivity index (χ2n) is 4.55. The molecule has 0 atom stereocenters. The highest BCUT2D eigenvalue weighted by atomic mass is 19.1. The van der Waals surface area contributed by atoms with Gasteiger partial charge in [-0.05, 0) is 25.0 Å². The highest BCUT2D eigenvalue weighted by molar-refractivity contribution is 5.84. The van der Waals surface area contributed by atoms with Crippen LogP contribution in [0.5, 0.6) is 0 Å². The Kier molecular flexibility index (Phi) is 3.05. The van der Waals surface area contributed by atoms with Gasteiger partial charge in [-0.3, -0.25) is 0 Å². The van der Waals surface area contributed by atoms with Gasteiger partial charge in [-0.15, -0.1) is 0 Å². The molecular weight excluding hydrogens is 221 g/mol. The maximum Gasteiger partial charge on any atom is 0.329 e. The van der Waals surface area contributed by atoms with E-state index in [0.29, 0.717) is 18.5 Å². The summed E-state index contributed by atoms with van der Waals surface area (Å²) in [7, 11) is 1.66. The van der Waals surface area contributed by atoms with Crippen molar-refractivity contribution in [3.05, 3.63) is 30.1 Å². The summed E-state index contributed by atoms with van der Waals surface area (Å²) >= 11 is 0. The number of hydrogen-bond acceptors (Lipinski definition) is 2. The van der Waals surface area contributed by atoms with Gasteiger partial charge in [0.15, 0.2) is 0 Å². The second-order valence-corrected chi connectivity index (χ2v) is 4.55. The molecule has 1 N–H and O–H groups in total. The summed E-state index contributed by atoms with van der Waals surface area (Å²) in [4.78, 5) is 13.1. The van der Waals surface area contributed by atoms with Crippen LogP contribution in [-0.2, 0) is 4.79 Å². The fraction of sp³-hybridized carbons (Fsp3) is 0.462. The van der Waals surface area contributed by atoms with E-state index in [1.165, 1.54) is 6.07 Å². The molecule has 1 aromatic carbocycles. The zero-order chi connectivity index (χ0) is 12.5. The van der Waals surface area contributed by atoms with E-state index in [1.807, 2.05) is 0 Å². The van der Waals surface area contributed by atoms with Crippen molar-refractivity contribution in [2.45, 2.75) is 31.2 Å². The molecule has 1 aliphatic carbocycles. The first-order valence-electron chi connectivity index (χ1n) is 5.80. The van der Waals surface area contributed by atoms with E-state index in [9.17, 15) is 14.3 Å². The minimum Gasteiger partial charge on any atom is -0.479 e. The molecule has 0 saturated heterocycles. The largest absolute Gasteiger partial charge is 0.479 e. The Bertz CT molecular complexity index is 427. The maximum absolute atomic E-state index is 13.7. The Morgan fingerprint density at radius 2 is 1.94 bits per heavy atom. The zero-order valence-corrected chi connectivity index (χ0v) is 9.82. The molecule has 92 valence electrons. The Morgan fingerprint density at radius 3 is 2.47 bits per heavy atom. The van der Waals surface area contributed by atoms with Crippen LogP contribution < -0.4 is 4.90 Å². The Labute approximate surface area is 99.9 Å². The normalized spacial score (nSPS) is 18.0. The fourth-order valence-corrected chi connectivity index (χ4v) is 2.61. The Balaban J connectivity index is 2.38. The lowest BCUT2D eigenvalue weighted by Crippen LogP contribution is -2.51. The molecule has 17 heavy (non-hydrogen) atoms. The molecule has 0 heterocycles. The van der Waals surface area contributed by atoms with Crippen molar-refractivity contribution in [2.75, 3.05) is 11.9 Å². The number of para-hydroxylation sites is 1. The van der Waals surface area contributed by atoms with Gasteiger partial charge < -0.3 is 10.0 Å². The van der Waals surface area contributed by atoms with Gasteiger partial charge in [-0.2, -0.15) is 0 Å². The van der Waals surface area contributed by atoms with Crippen LogP contribution >= 0.6 is 0 Å². The third-order valence-corrected chi connectivity index (χ3v) is 3.68. The standard InChI is InChI=1S/C13H16FNO2/c1-15(11-7-3-2-6-10(11)14)13(12(16)17)8-4-5-9-13/h2-3,6-7H,4-5,8-9H2,1H3,(H,16,17). The number of carboxylic acids is 1. The van der Waals surface area contributed by atoms with Crippen LogP contribution in [0.4, 0.5) is 10.1 Å². The summed E-state index contributed by atoms with van der Waals surface area (Å²) in [5.74, 6) is -1.23. The molecule has 0 unspecified atom stereocenters. The first kappa shape index (κ1) is 11.9. The van der Waals surface area contributed by atoms with E-state index >= 15 is 0 Å². The number of likely N-dealkylation sites (N-methyl/N-ethyl adjacent to an activating group) is 1. The monoisotopic (exact) mass is 237 g/mol. The minimum atomic E-state index is -0.942. The third-order valence-electron chi connectivity index (χ3n) is 3.68. The molecule has 0 amide bonds. The summed E-state index contributed by atoms with van der Waals surface area (Å²) in [5, 5.41) is 9.42. The quantitative estimate of drug-likeness (QED) is 0.878. The summed E-state index contributed by atoms with van der Waals surface area (Å²) < 4.78 is 13.7. The highest BCUT2D eigenvalue weighted by Gasteiger charge is 2.45. The lowest BCUT2D eigenvalue weighted by molar-refractivity contribution is -0.143. The third kappa shape index (κ3) is 1.88. The average Bonchev–Trinajstić information content (AvgIpc) is 2.79. The fourth-order valence-electron chi connectivity index (χ4n) is 2.61. The van der Waals surface area contributed by atoms with E-state index in [-0.39, 0.29) is 5.82 Å². The van der Waals surface area contributed by atoms with Gasteiger partial charge in [0.1, 0.15) is 11.4 Å². The number of anilines is 1. The van der Waals surface area contributed by atoms with E-state index in [1.54, 1.807) is 30.1 Å². The van der Waals surface area contributed by atoms with E-state index in [2.05, 4.69) is 0 Å². The average molecular weight is 237 g/mol. The molecule has 4 heteroatoms. The van der Waals surface area contributed by atoms with Crippen molar-refractivity contribution >= 4 is 11.7 Å². The van der Waals surface area contributed by atoms with E-state index < -0.39 is 11.5 Å².